The van der Waals surface area contributed by atoms with Crippen molar-refractivity contribution >= 4 is 38.6 Å². The van der Waals surface area contributed by atoms with Gasteiger partial charge < -0.3 is 23.8 Å². The van der Waals surface area contributed by atoms with E-state index in [9.17, 15) is 9.59 Å². The van der Waals surface area contributed by atoms with Crippen molar-refractivity contribution < 1.29 is 18.7 Å². The molecular weight excluding hydrogens is 444 g/mol. The number of H-pyrrole nitrogens is 1. The summed E-state index contributed by atoms with van der Waals surface area (Å²) in [5, 5.41) is 9.69. The molecule has 10 heteroatoms. The van der Waals surface area contributed by atoms with Gasteiger partial charge in [-0.05, 0) is 38.0 Å². The largest absolute Gasteiger partial charge is 0.490 e. The molecule has 1 amide bonds. The number of thiophene rings is 1. The van der Waals surface area contributed by atoms with Crippen LogP contribution < -0.4 is 15.9 Å². The normalized spacial score (nSPS) is 13.3. The summed E-state index contributed by atoms with van der Waals surface area (Å²) >= 11 is 1.39. The van der Waals surface area contributed by atoms with Gasteiger partial charge in [0.25, 0.3) is 5.56 Å². The molecule has 5 rings (SSSR count). The van der Waals surface area contributed by atoms with E-state index in [-0.39, 0.29) is 23.0 Å². The van der Waals surface area contributed by atoms with E-state index in [4.69, 9.17) is 19.3 Å². The maximum Gasteiger partial charge on any atom is 0.410 e. The molecule has 0 bridgehead atoms. The average molecular weight is 467 g/mol. The predicted octanol–water partition coefficient (Wildman–Crippen LogP) is 3.79. The summed E-state index contributed by atoms with van der Waals surface area (Å²) < 4.78 is 16.5. The average Bonchev–Trinajstić information content (AvgIpc) is 3.17. The molecule has 2 N–H and O–H groups in total. The van der Waals surface area contributed by atoms with E-state index in [1.54, 1.807) is 24.0 Å². The highest BCUT2D eigenvalue weighted by atomic mass is 32.1. The first kappa shape index (κ1) is 21.2. The first-order valence-electron chi connectivity index (χ1n) is 10.7. The summed E-state index contributed by atoms with van der Waals surface area (Å²) in [6, 6.07) is 7.26. The summed E-state index contributed by atoms with van der Waals surface area (Å²) in [7, 11) is 0. The third-order valence-corrected chi connectivity index (χ3v) is 6.66. The second kappa shape index (κ2) is 8.36. The predicted molar refractivity (Wildman–Crippen MR) is 124 cm³/mol. The first-order valence-corrected chi connectivity index (χ1v) is 11.5. The number of benzene rings is 1. The number of hydrogen-bond donors (Lipinski definition) is 2. The number of carbonyl (C=O) groups excluding carboxylic acids is 1. The lowest BCUT2D eigenvalue weighted by atomic mass is 10.1. The molecule has 4 heterocycles. The summed E-state index contributed by atoms with van der Waals surface area (Å²) in [6.45, 7) is 5.32. The Labute approximate surface area is 192 Å². The molecule has 33 heavy (non-hydrogen) atoms. The lowest BCUT2D eigenvalue weighted by Crippen LogP contribution is -2.35. The van der Waals surface area contributed by atoms with Crippen molar-refractivity contribution in [2.24, 2.45) is 0 Å². The Bertz CT molecular complexity index is 1500. The molecule has 0 saturated carbocycles. The van der Waals surface area contributed by atoms with Gasteiger partial charge >= 0.3 is 6.09 Å². The third kappa shape index (κ3) is 3.66. The van der Waals surface area contributed by atoms with Crippen molar-refractivity contribution in [3.63, 3.8) is 0 Å². The van der Waals surface area contributed by atoms with E-state index in [2.05, 4.69) is 9.97 Å². The van der Waals surface area contributed by atoms with Crippen LogP contribution in [0.1, 0.15) is 24.3 Å². The van der Waals surface area contributed by atoms with Gasteiger partial charge in [-0.2, -0.15) is 0 Å². The topological polar surface area (TPSA) is 122 Å². The quantitative estimate of drug-likeness (QED) is 0.472. The molecule has 0 unspecified atom stereocenters. The molecule has 170 valence electrons. The fraction of sp³-hybridized carbons (Fsp3) is 0.304. The van der Waals surface area contributed by atoms with Gasteiger partial charge in [-0.15, -0.1) is 11.3 Å². The number of nitrogens with zero attached hydrogens (tertiary/aromatic N) is 2. The van der Waals surface area contributed by atoms with Crippen LogP contribution >= 0.6 is 11.3 Å². The second-order valence-corrected chi connectivity index (χ2v) is 8.65. The number of aromatic nitrogens is 2. The first-order chi connectivity index (χ1) is 16.0. The zero-order chi connectivity index (χ0) is 23.1. The Kier molecular flexibility index (Phi) is 5.37. The molecular formula is C23H22N4O5S. The van der Waals surface area contributed by atoms with E-state index in [0.717, 1.165) is 15.8 Å². The molecule has 9 nitrogen and oxygen atoms in total. The summed E-state index contributed by atoms with van der Waals surface area (Å²) in [6.07, 6.45) is 0.208. The maximum absolute atomic E-state index is 13.0. The molecule has 1 aliphatic heterocycles. The van der Waals surface area contributed by atoms with Crippen molar-refractivity contribution in [2.45, 2.75) is 26.8 Å². The number of amides is 1. The molecule has 3 aromatic heterocycles. The van der Waals surface area contributed by atoms with Gasteiger partial charge in [-0.3, -0.25) is 10.2 Å². The number of para-hydroxylation sites is 1. The number of nitrogens with one attached hydrogen (secondary N) is 2. The molecule has 0 radical (unpaired) electrons. The lowest BCUT2D eigenvalue weighted by molar-refractivity contribution is 0.103. The highest BCUT2D eigenvalue weighted by molar-refractivity contribution is 7.18. The molecule has 1 aliphatic rings. The highest BCUT2D eigenvalue weighted by Gasteiger charge is 2.27. The lowest BCUT2D eigenvalue weighted by Gasteiger charge is -2.25. The summed E-state index contributed by atoms with van der Waals surface area (Å²) in [5.74, 6) is 0.829. The molecule has 0 aliphatic carbocycles. The molecule has 0 atom stereocenters. The van der Waals surface area contributed by atoms with Gasteiger partial charge in [0.1, 0.15) is 10.7 Å². The molecule has 0 saturated heterocycles. The van der Waals surface area contributed by atoms with Crippen LogP contribution in [0, 0.1) is 5.41 Å². The van der Waals surface area contributed by atoms with E-state index >= 15 is 0 Å². The molecule has 0 fully saturated rings. The Hall–Kier alpha value is -3.66. The second-order valence-electron chi connectivity index (χ2n) is 7.57. The van der Waals surface area contributed by atoms with Crippen LogP contribution in [0.2, 0.25) is 0 Å². The Morgan fingerprint density at radius 1 is 1.33 bits per heavy atom. The van der Waals surface area contributed by atoms with Gasteiger partial charge in [-0.1, -0.05) is 12.1 Å². The van der Waals surface area contributed by atoms with Crippen LogP contribution in [-0.4, -0.2) is 40.7 Å². The molecule has 0 spiro atoms. The number of ether oxygens (including phenoxy) is 2. The fourth-order valence-corrected chi connectivity index (χ4v) is 5.31. The smallest absolute Gasteiger partial charge is 0.410 e. The van der Waals surface area contributed by atoms with Crippen LogP contribution in [0.4, 0.5) is 4.79 Å². The number of aromatic amines is 1. The minimum absolute atomic E-state index is 0.119. The Morgan fingerprint density at radius 3 is 2.97 bits per heavy atom. The molecule has 1 aromatic carbocycles. The van der Waals surface area contributed by atoms with E-state index in [1.165, 1.54) is 11.3 Å². The standard InChI is InChI=1S/C23H22N4O5S/c1-3-30-15-7-5-6-12-10-14(19(24)32-18(12)15)20-25-21(28)17-13-8-9-27(23(29)31-4-2)11-16(13)33-22(17)26-20/h5-7,10,24H,3-4,8-9,11H2,1-2H3,(H,25,26,28). The van der Waals surface area contributed by atoms with Crippen LogP contribution in [0.5, 0.6) is 5.75 Å². The van der Waals surface area contributed by atoms with Crippen LogP contribution in [0.15, 0.2) is 33.5 Å². The maximum atomic E-state index is 13.0. The highest BCUT2D eigenvalue weighted by Crippen LogP contribution is 2.33. The van der Waals surface area contributed by atoms with Crippen molar-refractivity contribution in [2.75, 3.05) is 19.8 Å². The zero-order valence-electron chi connectivity index (χ0n) is 18.2. The zero-order valence-corrected chi connectivity index (χ0v) is 19.0. The van der Waals surface area contributed by atoms with Crippen molar-refractivity contribution in [1.82, 2.24) is 14.9 Å². The third-order valence-electron chi connectivity index (χ3n) is 5.55. The number of rotatable bonds is 4. The van der Waals surface area contributed by atoms with Crippen LogP contribution in [0.25, 0.3) is 32.6 Å². The SMILES string of the molecule is CCOC(=O)N1CCc2c(sc3nc(-c4cc5cccc(OCC)c5oc4=N)[nH]c(=O)c23)C1. The van der Waals surface area contributed by atoms with Gasteiger partial charge in [0, 0.05) is 16.8 Å². The van der Waals surface area contributed by atoms with Crippen molar-refractivity contribution in [3.8, 4) is 17.1 Å². The fourth-order valence-electron chi connectivity index (χ4n) is 4.08. The Balaban J connectivity index is 1.59. The van der Waals surface area contributed by atoms with Gasteiger partial charge in [0.2, 0.25) is 5.55 Å². The number of fused-ring (bicyclic) bond motifs is 4. The van der Waals surface area contributed by atoms with Gasteiger partial charge in [0.05, 0.1) is 30.7 Å². The number of carbonyl (C=O) groups is 1. The van der Waals surface area contributed by atoms with Crippen LogP contribution in [-0.2, 0) is 17.7 Å². The summed E-state index contributed by atoms with van der Waals surface area (Å²) in [5.41, 5.74) is 1.40. The van der Waals surface area contributed by atoms with Crippen molar-refractivity contribution in [1.29, 1.82) is 5.41 Å². The van der Waals surface area contributed by atoms with E-state index in [0.29, 0.717) is 59.8 Å². The number of hydrogen-bond acceptors (Lipinski definition) is 8. The van der Waals surface area contributed by atoms with Crippen molar-refractivity contribution in [3.05, 3.63) is 50.6 Å². The summed E-state index contributed by atoms with van der Waals surface area (Å²) in [4.78, 5) is 35.8. The Morgan fingerprint density at radius 2 is 2.18 bits per heavy atom. The minimum atomic E-state index is -0.355. The monoisotopic (exact) mass is 466 g/mol. The molecule has 4 aromatic rings. The van der Waals surface area contributed by atoms with E-state index in [1.807, 2.05) is 19.1 Å². The minimum Gasteiger partial charge on any atom is -0.490 e. The van der Waals surface area contributed by atoms with E-state index < -0.39 is 0 Å². The van der Waals surface area contributed by atoms with Crippen LogP contribution in [0.3, 0.4) is 0 Å². The van der Waals surface area contributed by atoms with Gasteiger partial charge in [-0.25, -0.2) is 9.78 Å². The van der Waals surface area contributed by atoms with Gasteiger partial charge in [0.15, 0.2) is 11.3 Å².